The van der Waals surface area contributed by atoms with Crippen molar-refractivity contribution < 1.29 is 10.0 Å². The van der Waals surface area contributed by atoms with E-state index in [2.05, 4.69) is 10.4 Å². The van der Waals surface area contributed by atoms with Gasteiger partial charge in [-0.2, -0.15) is 5.10 Å². The van der Waals surface area contributed by atoms with Crippen LogP contribution in [0.25, 0.3) is 0 Å². The van der Waals surface area contributed by atoms with Crippen molar-refractivity contribution in [2.45, 2.75) is 45.3 Å². The third-order valence-corrected chi connectivity index (χ3v) is 3.45. The van der Waals surface area contributed by atoms with E-state index < -0.39 is 10.5 Å². The zero-order chi connectivity index (χ0) is 13.3. The van der Waals surface area contributed by atoms with Crippen LogP contribution in [-0.2, 0) is 6.54 Å². The van der Waals surface area contributed by atoms with E-state index in [1.165, 1.54) is 0 Å². The number of rotatable bonds is 5. The van der Waals surface area contributed by atoms with Crippen LogP contribution < -0.4 is 5.32 Å². The van der Waals surface area contributed by atoms with Crippen LogP contribution in [0.2, 0.25) is 0 Å². The summed E-state index contributed by atoms with van der Waals surface area (Å²) in [6.45, 7) is 4.38. The van der Waals surface area contributed by atoms with Crippen LogP contribution in [0.4, 0.5) is 11.5 Å². The number of nitro groups is 1. The molecule has 7 nitrogen and oxygen atoms in total. The summed E-state index contributed by atoms with van der Waals surface area (Å²) < 4.78 is 1.56. The zero-order valence-corrected chi connectivity index (χ0v) is 10.6. The van der Waals surface area contributed by atoms with Crippen LogP contribution in [0.15, 0.2) is 0 Å². The summed E-state index contributed by atoms with van der Waals surface area (Å²) in [5.74, 6) is 0.389. The molecule has 0 aromatic carbocycles. The van der Waals surface area contributed by atoms with Crippen LogP contribution in [0, 0.1) is 17.0 Å². The molecule has 1 aromatic rings. The van der Waals surface area contributed by atoms with Gasteiger partial charge in [-0.15, -0.1) is 0 Å². The number of aromatic nitrogens is 2. The summed E-state index contributed by atoms with van der Waals surface area (Å²) in [5.41, 5.74) is -0.324. The SMILES string of the molecule is CCn1nc(C)c([N+](=O)[O-])c1NCC1(O)CCC1. The number of hydrogen-bond donors (Lipinski definition) is 2. The summed E-state index contributed by atoms with van der Waals surface area (Å²) in [5, 5.41) is 28.2. The summed E-state index contributed by atoms with van der Waals surface area (Å²) >= 11 is 0. The van der Waals surface area contributed by atoms with Crippen LogP contribution in [-0.4, -0.2) is 32.0 Å². The van der Waals surface area contributed by atoms with Crippen molar-refractivity contribution in [1.29, 1.82) is 0 Å². The minimum Gasteiger partial charge on any atom is -0.388 e. The third kappa shape index (κ3) is 2.17. The number of hydrogen-bond acceptors (Lipinski definition) is 5. The molecule has 0 atom stereocenters. The molecule has 0 aliphatic heterocycles. The molecule has 1 saturated carbocycles. The molecular weight excluding hydrogens is 236 g/mol. The molecular formula is C11H18N4O3. The number of nitrogens with one attached hydrogen (secondary N) is 1. The molecule has 0 spiro atoms. The monoisotopic (exact) mass is 254 g/mol. The first kappa shape index (κ1) is 12.8. The Bertz CT molecular complexity index is 465. The van der Waals surface area contributed by atoms with Crippen molar-refractivity contribution >= 4 is 11.5 Å². The molecule has 100 valence electrons. The van der Waals surface area contributed by atoms with E-state index in [1.54, 1.807) is 11.6 Å². The molecule has 0 unspecified atom stereocenters. The van der Waals surface area contributed by atoms with Gasteiger partial charge in [0.05, 0.1) is 10.5 Å². The Hall–Kier alpha value is -1.63. The van der Waals surface area contributed by atoms with E-state index in [1.807, 2.05) is 6.92 Å². The first-order chi connectivity index (χ1) is 8.47. The van der Waals surface area contributed by atoms with E-state index >= 15 is 0 Å². The molecule has 1 aliphatic rings. The molecule has 1 heterocycles. The lowest BCUT2D eigenvalue weighted by Crippen LogP contribution is -2.43. The number of aliphatic hydroxyl groups is 1. The Labute approximate surface area is 105 Å². The lowest BCUT2D eigenvalue weighted by molar-refractivity contribution is -0.384. The van der Waals surface area contributed by atoms with E-state index in [0.717, 1.165) is 19.3 Å². The molecule has 1 aromatic heterocycles. The molecule has 0 radical (unpaired) electrons. The second kappa shape index (κ2) is 4.56. The predicted octanol–water partition coefficient (Wildman–Crippen LogP) is 1.45. The van der Waals surface area contributed by atoms with Crippen LogP contribution >= 0.6 is 0 Å². The Kier molecular flexibility index (Phi) is 3.25. The van der Waals surface area contributed by atoms with Gasteiger partial charge in [-0.05, 0) is 33.1 Å². The fourth-order valence-corrected chi connectivity index (χ4v) is 2.20. The lowest BCUT2D eigenvalue weighted by Gasteiger charge is -2.36. The van der Waals surface area contributed by atoms with Gasteiger partial charge in [0.1, 0.15) is 5.69 Å². The van der Waals surface area contributed by atoms with E-state index in [4.69, 9.17) is 0 Å². The fraction of sp³-hybridized carbons (Fsp3) is 0.727. The molecule has 2 N–H and O–H groups in total. The van der Waals surface area contributed by atoms with Crippen molar-refractivity contribution in [3.05, 3.63) is 15.8 Å². The minimum absolute atomic E-state index is 0.000210. The average Bonchev–Trinajstić information content (AvgIpc) is 2.60. The molecule has 7 heteroatoms. The van der Waals surface area contributed by atoms with E-state index in [9.17, 15) is 15.2 Å². The van der Waals surface area contributed by atoms with Gasteiger partial charge < -0.3 is 10.4 Å². The van der Waals surface area contributed by atoms with Gasteiger partial charge in [-0.1, -0.05) is 0 Å². The summed E-state index contributed by atoms with van der Waals surface area (Å²) in [6, 6.07) is 0. The topological polar surface area (TPSA) is 93.2 Å². The third-order valence-electron chi connectivity index (χ3n) is 3.45. The predicted molar refractivity (Wildman–Crippen MR) is 66.6 cm³/mol. The van der Waals surface area contributed by atoms with Gasteiger partial charge in [0.25, 0.3) is 0 Å². The Balaban J connectivity index is 2.21. The van der Waals surface area contributed by atoms with E-state index in [0.29, 0.717) is 24.6 Å². The highest BCUT2D eigenvalue weighted by atomic mass is 16.6. The molecule has 0 saturated heterocycles. The maximum Gasteiger partial charge on any atom is 0.333 e. The van der Waals surface area contributed by atoms with E-state index in [-0.39, 0.29) is 5.69 Å². The Morgan fingerprint density at radius 2 is 2.28 bits per heavy atom. The second-order valence-corrected chi connectivity index (χ2v) is 4.79. The van der Waals surface area contributed by atoms with Gasteiger partial charge in [0, 0.05) is 13.1 Å². The minimum atomic E-state index is -0.718. The lowest BCUT2D eigenvalue weighted by atomic mass is 9.80. The summed E-state index contributed by atoms with van der Waals surface area (Å²) in [6.07, 6.45) is 2.49. The van der Waals surface area contributed by atoms with Crippen LogP contribution in [0.3, 0.4) is 0 Å². The van der Waals surface area contributed by atoms with Crippen molar-refractivity contribution in [2.24, 2.45) is 0 Å². The maximum absolute atomic E-state index is 11.0. The van der Waals surface area contributed by atoms with Crippen LogP contribution in [0.1, 0.15) is 31.9 Å². The fourth-order valence-electron chi connectivity index (χ4n) is 2.20. The van der Waals surface area contributed by atoms with Gasteiger partial charge in [0.15, 0.2) is 0 Å². The molecule has 0 bridgehead atoms. The van der Waals surface area contributed by atoms with Crippen molar-refractivity contribution in [3.63, 3.8) is 0 Å². The summed E-state index contributed by atoms with van der Waals surface area (Å²) in [7, 11) is 0. The Morgan fingerprint density at radius 1 is 1.61 bits per heavy atom. The molecule has 1 fully saturated rings. The first-order valence-corrected chi connectivity index (χ1v) is 6.15. The zero-order valence-electron chi connectivity index (χ0n) is 10.6. The van der Waals surface area contributed by atoms with Gasteiger partial charge in [0.2, 0.25) is 5.82 Å². The normalized spacial score (nSPS) is 17.3. The van der Waals surface area contributed by atoms with Gasteiger partial charge >= 0.3 is 5.69 Å². The largest absolute Gasteiger partial charge is 0.388 e. The van der Waals surface area contributed by atoms with Crippen molar-refractivity contribution in [2.75, 3.05) is 11.9 Å². The second-order valence-electron chi connectivity index (χ2n) is 4.79. The highest BCUT2D eigenvalue weighted by molar-refractivity contribution is 5.59. The smallest absolute Gasteiger partial charge is 0.333 e. The molecule has 2 rings (SSSR count). The Morgan fingerprint density at radius 3 is 2.72 bits per heavy atom. The van der Waals surface area contributed by atoms with Crippen molar-refractivity contribution in [1.82, 2.24) is 9.78 Å². The molecule has 0 amide bonds. The maximum atomic E-state index is 11.0. The van der Waals surface area contributed by atoms with Gasteiger partial charge in [-0.3, -0.25) is 10.1 Å². The van der Waals surface area contributed by atoms with Crippen molar-refractivity contribution in [3.8, 4) is 0 Å². The average molecular weight is 254 g/mol. The highest BCUT2D eigenvalue weighted by Crippen LogP contribution is 2.34. The van der Waals surface area contributed by atoms with Gasteiger partial charge in [-0.25, -0.2) is 4.68 Å². The standard InChI is InChI=1S/C11H18N4O3/c1-3-14-10(9(15(17)18)8(2)13-14)12-7-11(16)5-4-6-11/h12,16H,3-7H2,1-2H3. The molecule has 1 aliphatic carbocycles. The first-order valence-electron chi connectivity index (χ1n) is 6.15. The number of anilines is 1. The number of nitrogens with zero attached hydrogens (tertiary/aromatic N) is 3. The summed E-state index contributed by atoms with van der Waals surface area (Å²) in [4.78, 5) is 10.6. The highest BCUT2D eigenvalue weighted by Gasteiger charge is 2.35. The number of aryl methyl sites for hydroxylation is 2. The quantitative estimate of drug-likeness (QED) is 0.612. The molecule has 18 heavy (non-hydrogen) atoms. The van der Waals surface area contributed by atoms with Crippen LogP contribution in [0.5, 0.6) is 0 Å².